The van der Waals surface area contributed by atoms with E-state index in [1.807, 2.05) is 63.2 Å². The number of carbonyl (C=O) groups is 1. The number of aryl methyl sites for hydroxylation is 2. The fraction of sp³-hybridized carbons (Fsp3) is 0.211. The number of halogens is 1. The van der Waals surface area contributed by atoms with Gasteiger partial charge in [-0.1, -0.05) is 58.0 Å². The molecule has 25 heavy (non-hydrogen) atoms. The summed E-state index contributed by atoms with van der Waals surface area (Å²) in [4.78, 5) is 17.2. The van der Waals surface area contributed by atoms with E-state index in [9.17, 15) is 4.79 Å². The number of thioether (sulfide) groups is 1. The fourth-order valence-electron chi connectivity index (χ4n) is 2.41. The number of hydrogen-bond acceptors (Lipinski definition) is 4. The van der Waals surface area contributed by atoms with Crippen LogP contribution in [0, 0.1) is 13.8 Å². The lowest BCUT2D eigenvalue weighted by atomic mass is 10.0. The van der Waals surface area contributed by atoms with Gasteiger partial charge in [-0.15, -0.1) is 5.10 Å². The van der Waals surface area contributed by atoms with E-state index in [0.29, 0.717) is 11.0 Å². The molecule has 4 nitrogen and oxygen atoms in total. The first-order chi connectivity index (χ1) is 12.0. The number of rotatable bonds is 5. The third-order valence-electron chi connectivity index (χ3n) is 4.04. The lowest BCUT2D eigenvalue weighted by molar-refractivity contribution is 0.0994. The van der Waals surface area contributed by atoms with Crippen molar-refractivity contribution in [1.82, 2.24) is 15.2 Å². The van der Waals surface area contributed by atoms with Crippen molar-refractivity contribution in [3.8, 4) is 11.4 Å². The Balaban J connectivity index is 1.75. The molecule has 0 fully saturated rings. The van der Waals surface area contributed by atoms with Gasteiger partial charge < -0.3 is 0 Å². The number of nitrogens with one attached hydrogen (secondary N) is 1. The second-order valence-electron chi connectivity index (χ2n) is 5.87. The summed E-state index contributed by atoms with van der Waals surface area (Å²) in [5.41, 5.74) is 3.97. The van der Waals surface area contributed by atoms with Gasteiger partial charge >= 0.3 is 0 Å². The van der Waals surface area contributed by atoms with Crippen LogP contribution in [0.25, 0.3) is 11.4 Å². The van der Waals surface area contributed by atoms with Crippen LogP contribution in [0.3, 0.4) is 0 Å². The number of benzene rings is 2. The van der Waals surface area contributed by atoms with Crippen molar-refractivity contribution in [2.45, 2.75) is 31.2 Å². The summed E-state index contributed by atoms with van der Waals surface area (Å²) in [7, 11) is 0. The van der Waals surface area contributed by atoms with Gasteiger partial charge in [0.15, 0.2) is 11.6 Å². The van der Waals surface area contributed by atoms with E-state index in [1.165, 1.54) is 17.3 Å². The van der Waals surface area contributed by atoms with Crippen molar-refractivity contribution in [3.05, 3.63) is 63.6 Å². The normalized spacial score (nSPS) is 12.2. The minimum Gasteiger partial charge on any atom is -0.293 e. The summed E-state index contributed by atoms with van der Waals surface area (Å²) in [5.74, 6) is 0.765. The molecule has 0 spiro atoms. The topological polar surface area (TPSA) is 58.6 Å². The monoisotopic (exact) mass is 415 g/mol. The molecule has 1 aromatic heterocycles. The molecule has 0 bridgehead atoms. The van der Waals surface area contributed by atoms with Crippen molar-refractivity contribution >= 4 is 33.5 Å². The molecular formula is C19H18BrN3OS. The van der Waals surface area contributed by atoms with E-state index in [0.717, 1.165) is 21.2 Å². The number of Topliss-reactive ketones (excluding diaryl/α,β-unsaturated/α-hetero) is 1. The molecule has 3 aromatic rings. The zero-order valence-corrected chi connectivity index (χ0v) is 16.6. The summed E-state index contributed by atoms with van der Waals surface area (Å²) in [6, 6.07) is 13.6. The highest BCUT2D eigenvalue weighted by molar-refractivity contribution is 9.10. The van der Waals surface area contributed by atoms with Crippen molar-refractivity contribution in [2.75, 3.05) is 0 Å². The highest BCUT2D eigenvalue weighted by atomic mass is 79.9. The van der Waals surface area contributed by atoms with Gasteiger partial charge in [0.05, 0.1) is 5.25 Å². The molecule has 0 aliphatic heterocycles. The van der Waals surface area contributed by atoms with Crippen molar-refractivity contribution < 1.29 is 4.79 Å². The maximum Gasteiger partial charge on any atom is 0.209 e. The average molecular weight is 416 g/mol. The number of hydrogen-bond donors (Lipinski definition) is 1. The number of nitrogens with zero attached hydrogens (tertiary/aromatic N) is 2. The lowest BCUT2D eigenvalue weighted by Crippen LogP contribution is -2.14. The van der Waals surface area contributed by atoms with Gasteiger partial charge in [0.25, 0.3) is 0 Å². The zero-order chi connectivity index (χ0) is 18.0. The van der Waals surface area contributed by atoms with Crippen molar-refractivity contribution in [2.24, 2.45) is 0 Å². The first kappa shape index (κ1) is 17.9. The molecular weight excluding hydrogens is 398 g/mol. The Morgan fingerprint density at radius 1 is 1.16 bits per heavy atom. The summed E-state index contributed by atoms with van der Waals surface area (Å²) in [5, 5.41) is 7.48. The summed E-state index contributed by atoms with van der Waals surface area (Å²) >= 11 is 4.87. The summed E-state index contributed by atoms with van der Waals surface area (Å²) in [6.45, 7) is 5.94. The van der Waals surface area contributed by atoms with Crippen LogP contribution < -0.4 is 0 Å². The first-order valence-corrected chi connectivity index (χ1v) is 9.58. The average Bonchev–Trinajstić information content (AvgIpc) is 3.05. The Labute approximate surface area is 159 Å². The van der Waals surface area contributed by atoms with Crippen LogP contribution in [0.5, 0.6) is 0 Å². The van der Waals surface area contributed by atoms with Crippen LogP contribution in [0.2, 0.25) is 0 Å². The molecule has 128 valence electrons. The van der Waals surface area contributed by atoms with Gasteiger partial charge in [0.1, 0.15) is 0 Å². The molecule has 2 aromatic carbocycles. The minimum absolute atomic E-state index is 0.0836. The molecule has 3 rings (SSSR count). The smallest absolute Gasteiger partial charge is 0.209 e. The molecule has 1 atom stereocenters. The highest BCUT2D eigenvalue weighted by Gasteiger charge is 2.19. The molecule has 0 unspecified atom stereocenters. The number of H-pyrrole nitrogens is 1. The Bertz CT molecular complexity index is 923. The SMILES string of the molecule is Cc1ccc(C(=O)[C@@H](C)Sc2n[nH]c(-c3ccccc3Br)n2)cc1C. The fourth-order valence-corrected chi connectivity index (χ4v) is 3.69. The maximum absolute atomic E-state index is 12.6. The molecule has 0 aliphatic carbocycles. The molecule has 0 saturated heterocycles. The molecule has 0 saturated carbocycles. The number of aromatic amines is 1. The third kappa shape index (κ3) is 4.02. The summed E-state index contributed by atoms with van der Waals surface area (Å²) < 4.78 is 0.946. The van der Waals surface area contributed by atoms with E-state index in [2.05, 4.69) is 31.1 Å². The quantitative estimate of drug-likeness (QED) is 0.458. The van der Waals surface area contributed by atoms with Gasteiger partial charge in [-0.05, 0) is 44.0 Å². The van der Waals surface area contributed by atoms with E-state index >= 15 is 0 Å². The van der Waals surface area contributed by atoms with Gasteiger partial charge in [0.2, 0.25) is 5.16 Å². The molecule has 6 heteroatoms. The zero-order valence-electron chi connectivity index (χ0n) is 14.2. The largest absolute Gasteiger partial charge is 0.293 e. The Hall–Kier alpha value is -1.92. The second kappa shape index (κ2) is 7.54. The van der Waals surface area contributed by atoms with Crippen LogP contribution >= 0.6 is 27.7 Å². The van der Waals surface area contributed by atoms with E-state index in [4.69, 9.17) is 0 Å². The van der Waals surface area contributed by atoms with Crippen LogP contribution in [-0.2, 0) is 0 Å². The van der Waals surface area contributed by atoms with Crippen LogP contribution in [0.15, 0.2) is 52.1 Å². The summed E-state index contributed by atoms with van der Waals surface area (Å²) in [6.07, 6.45) is 0. The molecule has 1 heterocycles. The Morgan fingerprint density at radius 3 is 2.64 bits per heavy atom. The predicted octanol–water partition coefficient (Wildman–Crippen LogP) is 5.21. The van der Waals surface area contributed by atoms with Gasteiger partial charge in [-0.3, -0.25) is 9.89 Å². The molecule has 0 amide bonds. The standard InChI is InChI=1S/C19H18BrN3OS/c1-11-8-9-14(10-12(11)2)17(24)13(3)25-19-21-18(22-23-19)15-6-4-5-7-16(15)20/h4-10,13H,1-3H3,(H,21,22,23)/t13-/m1/s1. The van der Waals surface area contributed by atoms with Crippen LogP contribution in [0.1, 0.15) is 28.4 Å². The lowest BCUT2D eigenvalue weighted by Gasteiger charge is -2.09. The number of carbonyl (C=O) groups excluding carboxylic acids is 1. The second-order valence-corrected chi connectivity index (χ2v) is 8.03. The molecule has 1 N–H and O–H groups in total. The Morgan fingerprint density at radius 2 is 1.92 bits per heavy atom. The number of aromatic nitrogens is 3. The highest BCUT2D eigenvalue weighted by Crippen LogP contribution is 2.28. The minimum atomic E-state index is -0.259. The predicted molar refractivity (Wildman–Crippen MR) is 105 cm³/mol. The maximum atomic E-state index is 12.6. The van der Waals surface area contributed by atoms with Crippen LogP contribution in [0.4, 0.5) is 0 Å². The van der Waals surface area contributed by atoms with E-state index in [-0.39, 0.29) is 11.0 Å². The van der Waals surface area contributed by atoms with Crippen molar-refractivity contribution in [3.63, 3.8) is 0 Å². The van der Waals surface area contributed by atoms with E-state index in [1.54, 1.807) is 0 Å². The first-order valence-electron chi connectivity index (χ1n) is 7.91. The van der Waals surface area contributed by atoms with Crippen molar-refractivity contribution in [1.29, 1.82) is 0 Å². The molecule has 0 aliphatic rings. The number of ketones is 1. The Kier molecular flexibility index (Phi) is 5.39. The van der Waals surface area contributed by atoms with Gasteiger partial charge in [-0.2, -0.15) is 0 Å². The van der Waals surface area contributed by atoms with Crippen LogP contribution in [-0.4, -0.2) is 26.2 Å². The van der Waals surface area contributed by atoms with Gasteiger partial charge in [-0.25, -0.2) is 4.98 Å². The van der Waals surface area contributed by atoms with E-state index < -0.39 is 0 Å². The third-order valence-corrected chi connectivity index (χ3v) is 5.69. The van der Waals surface area contributed by atoms with Gasteiger partial charge in [0, 0.05) is 15.6 Å². The molecule has 0 radical (unpaired) electrons.